The van der Waals surface area contributed by atoms with Crippen LogP contribution in [-0.4, -0.2) is 24.2 Å². The van der Waals surface area contributed by atoms with Crippen LogP contribution in [0.1, 0.15) is 15.9 Å². The van der Waals surface area contributed by atoms with Gasteiger partial charge in [0.1, 0.15) is 0 Å². The molecule has 1 aromatic carbocycles. The monoisotopic (exact) mass is 194 g/mol. The van der Waals surface area contributed by atoms with E-state index in [1.807, 2.05) is 0 Å². The van der Waals surface area contributed by atoms with Crippen molar-refractivity contribution in [2.75, 3.05) is 6.61 Å². The van der Waals surface area contributed by atoms with E-state index in [9.17, 15) is 9.59 Å². The molecular weight excluding hydrogens is 184 g/mol. The number of carboxylic acids is 1. The third kappa shape index (κ3) is 2.90. The van der Waals surface area contributed by atoms with Gasteiger partial charge in [0.15, 0.2) is 0 Å². The Balaban J connectivity index is 2.55. The first-order valence-electron chi connectivity index (χ1n) is 4.11. The number of hydrogen-bond acceptors (Lipinski definition) is 3. The van der Waals surface area contributed by atoms with Crippen LogP contribution >= 0.6 is 0 Å². The smallest absolute Gasteiger partial charge is 0.335 e. The largest absolute Gasteiger partial charge is 0.478 e. The van der Waals surface area contributed by atoms with Crippen molar-refractivity contribution in [1.82, 2.24) is 0 Å². The third-order valence-corrected chi connectivity index (χ3v) is 1.78. The molecule has 0 aliphatic heterocycles. The summed E-state index contributed by atoms with van der Waals surface area (Å²) in [6, 6.07) is 6.46. The first-order valence-corrected chi connectivity index (χ1v) is 4.11. The zero-order valence-electron chi connectivity index (χ0n) is 7.47. The Kier molecular flexibility index (Phi) is 3.67. The molecule has 0 amide bonds. The van der Waals surface area contributed by atoms with Crippen LogP contribution < -0.4 is 0 Å². The summed E-state index contributed by atoms with van der Waals surface area (Å²) in [4.78, 5) is 20.3. The normalized spacial score (nSPS) is 9.43. The first kappa shape index (κ1) is 10.2. The minimum Gasteiger partial charge on any atom is -0.478 e. The molecule has 4 nitrogen and oxygen atoms in total. The van der Waals surface area contributed by atoms with Crippen LogP contribution in [0.5, 0.6) is 0 Å². The van der Waals surface area contributed by atoms with Gasteiger partial charge in [-0.25, -0.2) is 4.79 Å². The second-order valence-electron chi connectivity index (χ2n) is 2.72. The lowest BCUT2D eigenvalue weighted by molar-refractivity contribution is -0.128. The molecule has 1 aromatic rings. The van der Waals surface area contributed by atoms with Crippen LogP contribution in [-0.2, 0) is 16.0 Å². The summed E-state index contributed by atoms with van der Waals surface area (Å²) in [5.74, 6) is -0.944. The molecule has 0 aromatic heterocycles. The minimum absolute atomic E-state index is 0.255. The van der Waals surface area contributed by atoms with Gasteiger partial charge in [-0.3, -0.25) is 4.79 Å². The molecule has 1 rings (SSSR count). The van der Waals surface area contributed by atoms with Gasteiger partial charge in [-0.2, -0.15) is 0 Å². The molecule has 0 saturated heterocycles. The quantitative estimate of drug-likeness (QED) is 0.563. The molecule has 0 aliphatic rings. The summed E-state index contributed by atoms with van der Waals surface area (Å²) in [5.41, 5.74) is 1.20. The predicted octanol–water partition coefficient (Wildman–Crippen LogP) is 1.10. The number of carbonyl (C=O) groups excluding carboxylic acids is 1. The number of carboxylic acid groups (broad SMARTS) is 1. The van der Waals surface area contributed by atoms with Gasteiger partial charge in [0.25, 0.3) is 6.47 Å². The number of ether oxygens (including phenoxy) is 1. The van der Waals surface area contributed by atoms with Gasteiger partial charge in [0.2, 0.25) is 0 Å². The molecular formula is C10H10O4. The maximum atomic E-state index is 10.5. The average Bonchev–Trinajstić information content (AvgIpc) is 2.19. The van der Waals surface area contributed by atoms with Crippen molar-refractivity contribution in [3.63, 3.8) is 0 Å². The molecule has 0 bridgehead atoms. The van der Waals surface area contributed by atoms with Crippen molar-refractivity contribution < 1.29 is 19.4 Å². The Bertz CT molecular complexity index is 315. The highest BCUT2D eigenvalue weighted by atomic mass is 16.5. The van der Waals surface area contributed by atoms with Crippen LogP contribution in [0.2, 0.25) is 0 Å². The molecule has 0 unspecified atom stereocenters. The van der Waals surface area contributed by atoms with E-state index in [0.717, 1.165) is 5.56 Å². The fourth-order valence-electron chi connectivity index (χ4n) is 1.04. The molecule has 74 valence electrons. The van der Waals surface area contributed by atoms with E-state index in [2.05, 4.69) is 4.74 Å². The van der Waals surface area contributed by atoms with Gasteiger partial charge in [-0.05, 0) is 17.7 Å². The standard InChI is InChI=1S/C10H10O4/c11-7-14-6-5-8-1-3-9(4-2-8)10(12)13/h1-4,7H,5-6H2,(H,12,13). The van der Waals surface area contributed by atoms with Crippen LogP contribution in [0.3, 0.4) is 0 Å². The summed E-state index contributed by atoms with van der Waals surface area (Å²) in [6.07, 6.45) is 0.596. The molecule has 4 heteroatoms. The highest BCUT2D eigenvalue weighted by Gasteiger charge is 2.01. The molecule has 14 heavy (non-hydrogen) atoms. The highest BCUT2D eigenvalue weighted by molar-refractivity contribution is 5.87. The van der Waals surface area contributed by atoms with Crippen molar-refractivity contribution >= 4 is 12.4 Å². The predicted molar refractivity (Wildman–Crippen MR) is 49.1 cm³/mol. The van der Waals surface area contributed by atoms with E-state index in [0.29, 0.717) is 19.5 Å². The van der Waals surface area contributed by atoms with E-state index in [4.69, 9.17) is 5.11 Å². The first-order chi connectivity index (χ1) is 6.74. The Labute approximate surface area is 81.1 Å². The summed E-state index contributed by atoms with van der Waals surface area (Å²) in [5, 5.41) is 8.62. The molecule has 0 fully saturated rings. The maximum absolute atomic E-state index is 10.5. The van der Waals surface area contributed by atoms with E-state index in [1.165, 1.54) is 12.1 Å². The van der Waals surface area contributed by atoms with Crippen LogP contribution in [0.15, 0.2) is 24.3 Å². The van der Waals surface area contributed by atoms with Crippen LogP contribution in [0.4, 0.5) is 0 Å². The fourth-order valence-corrected chi connectivity index (χ4v) is 1.04. The number of rotatable bonds is 5. The second kappa shape index (κ2) is 5.01. The zero-order valence-corrected chi connectivity index (χ0v) is 7.47. The molecule has 0 heterocycles. The van der Waals surface area contributed by atoms with Gasteiger partial charge in [0, 0.05) is 6.42 Å². The van der Waals surface area contributed by atoms with Crippen molar-refractivity contribution in [1.29, 1.82) is 0 Å². The molecule has 0 radical (unpaired) electrons. The highest BCUT2D eigenvalue weighted by Crippen LogP contribution is 2.05. The summed E-state index contributed by atoms with van der Waals surface area (Å²) in [6.45, 7) is 0.710. The summed E-state index contributed by atoms with van der Waals surface area (Å²) in [7, 11) is 0. The molecule has 0 atom stereocenters. The average molecular weight is 194 g/mol. The minimum atomic E-state index is -0.944. The number of carbonyl (C=O) groups is 2. The third-order valence-electron chi connectivity index (χ3n) is 1.78. The van der Waals surface area contributed by atoms with Gasteiger partial charge in [0.05, 0.1) is 12.2 Å². The van der Waals surface area contributed by atoms with Crippen molar-refractivity contribution in [2.45, 2.75) is 6.42 Å². The lowest BCUT2D eigenvalue weighted by Crippen LogP contribution is -1.99. The number of benzene rings is 1. The van der Waals surface area contributed by atoms with Crippen molar-refractivity contribution in [3.8, 4) is 0 Å². The molecule has 0 saturated carbocycles. The van der Waals surface area contributed by atoms with Crippen LogP contribution in [0, 0.1) is 0 Å². The Hall–Kier alpha value is -1.84. The lowest BCUT2D eigenvalue weighted by Gasteiger charge is -2.00. The topological polar surface area (TPSA) is 63.6 Å². The Morgan fingerprint density at radius 3 is 2.50 bits per heavy atom. The van der Waals surface area contributed by atoms with E-state index in [-0.39, 0.29) is 5.56 Å². The van der Waals surface area contributed by atoms with Crippen LogP contribution in [0.25, 0.3) is 0 Å². The van der Waals surface area contributed by atoms with Crippen molar-refractivity contribution in [3.05, 3.63) is 35.4 Å². The number of hydrogen-bond donors (Lipinski definition) is 1. The maximum Gasteiger partial charge on any atom is 0.335 e. The molecule has 0 spiro atoms. The van der Waals surface area contributed by atoms with E-state index in [1.54, 1.807) is 12.1 Å². The van der Waals surface area contributed by atoms with Gasteiger partial charge in [-0.15, -0.1) is 0 Å². The molecule has 1 N–H and O–H groups in total. The van der Waals surface area contributed by atoms with Gasteiger partial charge in [-0.1, -0.05) is 12.1 Å². The van der Waals surface area contributed by atoms with Crippen molar-refractivity contribution in [2.24, 2.45) is 0 Å². The Morgan fingerprint density at radius 1 is 1.36 bits per heavy atom. The Morgan fingerprint density at radius 2 is 2.00 bits per heavy atom. The summed E-state index contributed by atoms with van der Waals surface area (Å²) >= 11 is 0. The zero-order chi connectivity index (χ0) is 10.4. The molecule has 0 aliphatic carbocycles. The van der Waals surface area contributed by atoms with Gasteiger partial charge >= 0.3 is 5.97 Å². The van der Waals surface area contributed by atoms with Gasteiger partial charge < -0.3 is 9.84 Å². The van der Waals surface area contributed by atoms with E-state index >= 15 is 0 Å². The lowest BCUT2D eigenvalue weighted by atomic mass is 10.1. The SMILES string of the molecule is O=COCCc1ccc(C(=O)O)cc1. The summed E-state index contributed by atoms with van der Waals surface area (Å²) < 4.78 is 4.52. The number of aromatic carboxylic acids is 1. The van der Waals surface area contributed by atoms with E-state index < -0.39 is 5.97 Å². The fraction of sp³-hybridized carbons (Fsp3) is 0.200. The second-order valence-corrected chi connectivity index (χ2v) is 2.72.